The number of anilines is 1. The number of imide groups is 1. The number of hydrogen-bond donors (Lipinski definition) is 0. The van der Waals surface area contributed by atoms with E-state index in [4.69, 9.17) is 0 Å². The molecule has 1 rings (SSSR count). The van der Waals surface area contributed by atoms with Gasteiger partial charge >= 0.3 is 0 Å². The van der Waals surface area contributed by atoms with Crippen molar-refractivity contribution in [2.75, 3.05) is 4.90 Å². The van der Waals surface area contributed by atoms with Crippen molar-refractivity contribution in [1.29, 1.82) is 0 Å². The summed E-state index contributed by atoms with van der Waals surface area (Å²) in [7, 11) is 0. The summed E-state index contributed by atoms with van der Waals surface area (Å²) in [5, 5.41) is 0. The summed E-state index contributed by atoms with van der Waals surface area (Å²) in [6, 6.07) is 3.41. The molecule has 0 heterocycles. The first-order valence-corrected chi connectivity index (χ1v) is 5.38. The highest BCUT2D eigenvalue weighted by Crippen LogP contribution is 2.24. The van der Waals surface area contributed by atoms with E-state index in [1.165, 1.54) is 6.92 Å². The third kappa shape index (κ3) is 2.58. The number of rotatable bonds is 4. The topological polar surface area (TPSA) is 54.5 Å². The van der Waals surface area contributed by atoms with Crippen molar-refractivity contribution in [3.63, 3.8) is 0 Å². The molecule has 0 saturated heterocycles. The van der Waals surface area contributed by atoms with Crippen molar-refractivity contribution in [3.05, 3.63) is 28.8 Å². The van der Waals surface area contributed by atoms with Crippen molar-refractivity contribution >= 4 is 24.3 Å². The Labute approximate surface area is 100 Å². The molecule has 0 unspecified atom stereocenters. The SMILES string of the molecule is CCc1cc(C)c(C=O)cc1N(C=O)C(C)=O. The third-order valence-electron chi connectivity index (χ3n) is 2.68. The van der Waals surface area contributed by atoms with Gasteiger partial charge in [0, 0.05) is 12.5 Å². The molecule has 0 fully saturated rings. The van der Waals surface area contributed by atoms with Crippen LogP contribution in [0.15, 0.2) is 12.1 Å². The fourth-order valence-electron chi connectivity index (χ4n) is 1.71. The van der Waals surface area contributed by atoms with Gasteiger partial charge in [0.05, 0.1) is 5.69 Å². The maximum Gasteiger partial charge on any atom is 0.230 e. The number of carbonyl (C=O) groups excluding carboxylic acids is 3. The summed E-state index contributed by atoms with van der Waals surface area (Å²) < 4.78 is 0. The lowest BCUT2D eigenvalue weighted by molar-refractivity contribution is -0.120. The van der Waals surface area contributed by atoms with Gasteiger partial charge in [-0.3, -0.25) is 19.3 Å². The highest BCUT2D eigenvalue weighted by Gasteiger charge is 2.15. The molecular formula is C13H15NO3. The fourth-order valence-corrected chi connectivity index (χ4v) is 1.71. The minimum atomic E-state index is -0.365. The standard InChI is InChI=1S/C13H15NO3/c1-4-11-5-9(2)12(7-15)6-13(11)14(8-16)10(3)17/h5-8H,4H2,1-3H3. The van der Waals surface area contributed by atoms with Gasteiger partial charge < -0.3 is 0 Å². The minimum Gasteiger partial charge on any atom is -0.298 e. The molecule has 1 aromatic rings. The summed E-state index contributed by atoms with van der Waals surface area (Å²) in [5.74, 6) is -0.365. The fraction of sp³-hybridized carbons (Fsp3) is 0.308. The van der Waals surface area contributed by atoms with Gasteiger partial charge in [0.25, 0.3) is 0 Å². The Morgan fingerprint density at radius 1 is 1.35 bits per heavy atom. The summed E-state index contributed by atoms with van der Waals surface area (Å²) in [5.41, 5.74) is 2.69. The zero-order valence-electron chi connectivity index (χ0n) is 10.2. The van der Waals surface area contributed by atoms with Crippen LogP contribution in [0, 0.1) is 6.92 Å². The highest BCUT2D eigenvalue weighted by atomic mass is 16.2. The number of hydrogen-bond acceptors (Lipinski definition) is 3. The second-order valence-corrected chi connectivity index (χ2v) is 3.80. The first-order chi connectivity index (χ1) is 8.04. The molecule has 0 spiro atoms. The number of aryl methyl sites for hydroxylation is 2. The van der Waals surface area contributed by atoms with Gasteiger partial charge in [-0.15, -0.1) is 0 Å². The molecule has 0 bridgehead atoms. The average Bonchev–Trinajstić information content (AvgIpc) is 2.30. The molecule has 0 aliphatic heterocycles. The van der Waals surface area contributed by atoms with Gasteiger partial charge in [-0.2, -0.15) is 0 Å². The van der Waals surface area contributed by atoms with Gasteiger partial charge in [-0.05, 0) is 30.5 Å². The minimum absolute atomic E-state index is 0.365. The zero-order valence-corrected chi connectivity index (χ0v) is 10.2. The Hall–Kier alpha value is -1.97. The number of amides is 2. The van der Waals surface area contributed by atoms with Gasteiger partial charge in [-0.25, -0.2) is 0 Å². The maximum absolute atomic E-state index is 11.3. The third-order valence-corrected chi connectivity index (χ3v) is 2.68. The average molecular weight is 233 g/mol. The lowest BCUT2D eigenvalue weighted by Crippen LogP contribution is -2.27. The van der Waals surface area contributed by atoms with Crippen LogP contribution in [0.25, 0.3) is 0 Å². The van der Waals surface area contributed by atoms with E-state index in [1.807, 2.05) is 19.9 Å². The molecule has 90 valence electrons. The lowest BCUT2D eigenvalue weighted by atomic mass is 10.0. The van der Waals surface area contributed by atoms with Gasteiger partial charge in [0.2, 0.25) is 12.3 Å². The predicted molar refractivity (Wildman–Crippen MR) is 65.2 cm³/mol. The molecule has 0 radical (unpaired) electrons. The molecule has 4 nitrogen and oxygen atoms in total. The Morgan fingerprint density at radius 3 is 2.41 bits per heavy atom. The summed E-state index contributed by atoms with van der Waals surface area (Å²) >= 11 is 0. The normalized spacial score (nSPS) is 9.82. The molecule has 0 saturated carbocycles. The summed E-state index contributed by atoms with van der Waals surface area (Å²) in [4.78, 5) is 34.1. The Bertz CT molecular complexity index is 466. The molecule has 0 aliphatic carbocycles. The van der Waals surface area contributed by atoms with Crippen LogP contribution >= 0.6 is 0 Å². The number of benzene rings is 1. The Kier molecular flexibility index (Phi) is 4.15. The predicted octanol–water partition coefficient (Wildman–Crippen LogP) is 1.88. The van der Waals surface area contributed by atoms with Crippen LogP contribution in [0.5, 0.6) is 0 Å². The van der Waals surface area contributed by atoms with E-state index in [0.29, 0.717) is 24.1 Å². The van der Waals surface area contributed by atoms with Crippen LogP contribution in [0.2, 0.25) is 0 Å². The van der Waals surface area contributed by atoms with Crippen molar-refractivity contribution < 1.29 is 14.4 Å². The van der Waals surface area contributed by atoms with Crippen molar-refractivity contribution in [3.8, 4) is 0 Å². The van der Waals surface area contributed by atoms with Crippen LogP contribution in [-0.2, 0) is 16.0 Å². The quantitative estimate of drug-likeness (QED) is 0.746. The zero-order chi connectivity index (χ0) is 13.0. The molecule has 0 aromatic heterocycles. The van der Waals surface area contributed by atoms with E-state index in [1.54, 1.807) is 6.07 Å². The van der Waals surface area contributed by atoms with Crippen LogP contribution in [0.1, 0.15) is 35.3 Å². The van der Waals surface area contributed by atoms with Gasteiger partial charge in [0.15, 0.2) is 0 Å². The second kappa shape index (κ2) is 5.39. The molecule has 0 aliphatic rings. The Balaban J connectivity index is 3.43. The maximum atomic E-state index is 11.3. The molecule has 1 aromatic carbocycles. The molecule has 2 amide bonds. The first-order valence-electron chi connectivity index (χ1n) is 5.38. The molecular weight excluding hydrogens is 218 g/mol. The number of aldehydes is 1. The monoisotopic (exact) mass is 233 g/mol. The number of carbonyl (C=O) groups is 3. The first kappa shape index (κ1) is 13.1. The van der Waals surface area contributed by atoms with Crippen molar-refractivity contribution in [1.82, 2.24) is 0 Å². The molecule has 17 heavy (non-hydrogen) atoms. The van der Waals surface area contributed by atoms with E-state index in [0.717, 1.165) is 22.3 Å². The second-order valence-electron chi connectivity index (χ2n) is 3.80. The van der Waals surface area contributed by atoms with Crippen LogP contribution in [0.3, 0.4) is 0 Å². The van der Waals surface area contributed by atoms with Crippen molar-refractivity contribution in [2.24, 2.45) is 0 Å². The van der Waals surface area contributed by atoms with E-state index < -0.39 is 0 Å². The van der Waals surface area contributed by atoms with Gasteiger partial charge in [0.1, 0.15) is 6.29 Å². The smallest absolute Gasteiger partial charge is 0.230 e. The van der Waals surface area contributed by atoms with E-state index in [-0.39, 0.29) is 5.91 Å². The summed E-state index contributed by atoms with van der Waals surface area (Å²) in [6.45, 7) is 5.07. The molecule has 0 N–H and O–H groups in total. The molecule has 4 heteroatoms. The van der Waals surface area contributed by atoms with Crippen molar-refractivity contribution in [2.45, 2.75) is 27.2 Å². The molecule has 0 atom stereocenters. The summed E-state index contributed by atoms with van der Waals surface area (Å²) in [6.07, 6.45) is 1.88. The van der Waals surface area contributed by atoms with E-state index in [9.17, 15) is 14.4 Å². The number of nitrogens with zero attached hydrogens (tertiary/aromatic N) is 1. The highest BCUT2D eigenvalue weighted by molar-refractivity contribution is 6.06. The Morgan fingerprint density at radius 2 is 2.00 bits per heavy atom. The van der Waals surface area contributed by atoms with Crippen LogP contribution in [-0.4, -0.2) is 18.6 Å². The van der Waals surface area contributed by atoms with E-state index >= 15 is 0 Å². The van der Waals surface area contributed by atoms with Crippen LogP contribution in [0.4, 0.5) is 5.69 Å². The lowest BCUT2D eigenvalue weighted by Gasteiger charge is -2.18. The largest absolute Gasteiger partial charge is 0.298 e. The van der Waals surface area contributed by atoms with E-state index in [2.05, 4.69) is 0 Å². The van der Waals surface area contributed by atoms with Crippen LogP contribution < -0.4 is 4.90 Å². The van der Waals surface area contributed by atoms with Gasteiger partial charge in [-0.1, -0.05) is 13.0 Å².